The van der Waals surface area contributed by atoms with Gasteiger partial charge in [0.2, 0.25) is 5.91 Å². The smallest absolute Gasteiger partial charge is 0.274 e. The van der Waals surface area contributed by atoms with Crippen molar-refractivity contribution in [2.45, 2.75) is 37.9 Å². The van der Waals surface area contributed by atoms with Gasteiger partial charge >= 0.3 is 6.18 Å². The van der Waals surface area contributed by atoms with Crippen LogP contribution in [0.4, 0.5) is 17.6 Å². The molecule has 0 bridgehead atoms. The zero-order chi connectivity index (χ0) is 20.6. The van der Waals surface area contributed by atoms with Gasteiger partial charge in [0.25, 0.3) is 10.0 Å². The van der Waals surface area contributed by atoms with Gasteiger partial charge < -0.3 is 0 Å². The lowest BCUT2D eigenvalue weighted by Crippen LogP contribution is -2.32. The first-order chi connectivity index (χ1) is 12.3. The zero-order valence-corrected chi connectivity index (χ0v) is 15.6. The van der Waals surface area contributed by atoms with Crippen LogP contribution in [-0.4, -0.2) is 30.3 Å². The Hall–Kier alpha value is -2.14. The van der Waals surface area contributed by atoms with Gasteiger partial charge in [0.1, 0.15) is 17.3 Å². The van der Waals surface area contributed by atoms with E-state index in [9.17, 15) is 30.8 Å². The summed E-state index contributed by atoms with van der Waals surface area (Å²) >= 11 is 5.55. The number of nitrogens with one attached hydrogen (secondary N) is 1. The second-order valence-electron chi connectivity index (χ2n) is 5.70. The number of sulfonamides is 1. The molecule has 1 heterocycles. The Balaban J connectivity index is 2.21. The van der Waals surface area contributed by atoms with Crippen molar-refractivity contribution < 1.29 is 30.8 Å². The van der Waals surface area contributed by atoms with E-state index in [1.807, 2.05) is 0 Å². The Bertz CT molecular complexity index is 987. The van der Waals surface area contributed by atoms with Crippen LogP contribution >= 0.6 is 11.6 Å². The molecule has 2 rings (SSSR count). The van der Waals surface area contributed by atoms with Crippen LogP contribution in [0.5, 0.6) is 0 Å². The molecule has 1 aromatic heterocycles. The van der Waals surface area contributed by atoms with E-state index in [1.165, 1.54) is 13.8 Å². The number of alkyl halides is 3. The molecule has 0 radical (unpaired) electrons. The summed E-state index contributed by atoms with van der Waals surface area (Å²) in [5.74, 6) is -2.18. The SMILES string of the molecule is Cc1nn(CC(F)(F)F)c(C)c1CC(=O)NS(=O)(=O)c1ccc(Cl)cc1F. The molecule has 0 spiro atoms. The molecular formula is C15H14ClF4N3O3S. The van der Waals surface area contributed by atoms with Crippen LogP contribution in [0.2, 0.25) is 5.02 Å². The number of carbonyl (C=O) groups is 1. The first-order valence-electron chi connectivity index (χ1n) is 7.40. The van der Waals surface area contributed by atoms with E-state index in [-0.39, 0.29) is 22.0 Å². The van der Waals surface area contributed by atoms with Gasteiger partial charge in [0, 0.05) is 16.3 Å². The molecule has 0 atom stereocenters. The highest BCUT2D eigenvalue weighted by Gasteiger charge is 2.30. The molecule has 148 valence electrons. The maximum atomic E-state index is 13.8. The predicted octanol–water partition coefficient (Wildman–Crippen LogP) is 2.90. The highest BCUT2D eigenvalue weighted by Crippen LogP contribution is 2.22. The summed E-state index contributed by atoms with van der Waals surface area (Å²) in [7, 11) is -4.52. The molecule has 12 heteroatoms. The second kappa shape index (κ2) is 7.47. The summed E-state index contributed by atoms with van der Waals surface area (Å²) in [6, 6.07) is 2.81. The Morgan fingerprint density at radius 3 is 2.48 bits per heavy atom. The van der Waals surface area contributed by atoms with Gasteiger partial charge in [-0.15, -0.1) is 0 Å². The third-order valence-electron chi connectivity index (χ3n) is 3.63. The van der Waals surface area contributed by atoms with Crippen molar-refractivity contribution in [2.24, 2.45) is 0 Å². The van der Waals surface area contributed by atoms with Crippen LogP contribution in [0.25, 0.3) is 0 Å². The molecule has 0 aliphatic rings. The first kappa shape index (κ1) is 21.2. The molecule has 0 saturated heterocycles. The number of aromatic nitrogens is 2. The minimum Gasteiger partial charge on any atom is -0.274 e. The normalized spacial score (nSPS) is 12.3. The molecule has 0 aliphatic carbocycles. The largest absolute Gasteiger partial charge is 0.408 e. The van der Waals surface area contributed by atoms with Crippen LogP contribution in [0.15, 0.2) is 23.1 Å². The van der Waals surface area contributed by atoms with E-state index in [4.69, 9.17) is 11.6 Å². The Morgan fingerprint density at radius 1 is 1.30 bits per heavy atom. The predicted molar refractivity (Wildman–Crippen MR) is 88.2 cm³/mol. The summed E-state index contributed by atoms with van der Waals surface area (Å²) in [6.45, 7) is 1.40. The van der Waals surface area contributed by atoms with Crippen molar-refractivity contribution in [1.29, 1.82) is 0 Å². The number of hydrogen-bond donors (Lipinski definition) is 1. The fraction of sp³-hybridized carbons (Fsp3) is 0.333. The van der Waals surface area contributed by atoms with Crippen molar-refractivity contribution >= 4 is 27.5 Å². The lowest BCUT2D eigenvalue weighted by Gasteiger charge is -2.09. The topological polar surface area (TPSA) is 81.1 Å². The third-order valence-corrected chi connectivity index (χ3v) is 5.27. The number of amides is 1. The van der Waals surface area contributed by atoms with E-state index in [0.717, 1.165) is 18.2 Å². The van der Waals surface area contributed by atoms with E-state index in [1.54, 1.807) is 4.72 Å². The number of aryl methyl sites for hydroxylation is 1. The molecule has 0 unspecified atom stereocenters. The highest BCUT2D eigenvalue weighted by atomic mass is 35.5. The van der Waals surface area contributed by atoms with Gasteiger partial charge in [-0.05, 0) is 32.0 Å². The average Bonchev–Trinajstić information content (AvgIpc) is 2.72. The van der Waals surface area contributed by atoms with Gasteiger partial charge in [-0.2, -0.15) is 18.3 Å². The number of carbonyl (C=O) groups excluding carboxylic acids is 1. The average molecular weight is 428 g/mol. The quantitative estimate of drug-likeness (QED) is 0.744. The van der Waals surface area contributed by atoms with Crippen molar-refractivity contribution in [3.05, 3.63) is 46.0 Å². The fourth-order valence-electron chi connectivity index (χ4n) is 2.41. The Labute approximate surface area is 157 Å². The maximum absolute atomic E-state index is 13.8. The minimum atomic E-state index is -4.52. The summed E-state index contributed by atoms with van der Waals surface area (Å²) in [5.41, 5.74) is 0.389. The Kier molecular flexibility index (Phi) is 5.85. The van der Waals surface area contributed by atoms with Gasteiger partial charge in [-0.3, -0.25) is 9.48 Å². The monoisotopic (exact) mass is 427 g/mol. The number of halogens is 5. The van der Waals surface area contributed by atoms with E-state index < -0.39 is 45.8 Å². The van der Waals surface area contributed by atoms with E-state index >= 15 is 0 Å². The fourth-order valence-corrected chi connectivity index (χ4v) is 3.61. The van der Waals surface area contributed by atoms with Gasteiger partial charge in [0.15, 0.2) is 0 Å². The van der Waals surface area contributed by atoms with Crippen molar-refractivity contribution in [1.82, 2.24) is 14.5 Å². The van der Waals surface area contributed by atoms with Gasteiger partial charge in [-0.1, -0.05) is 11.6 Å². The van der Waals surface area contributed by atoms with Crippen LogP contribution in [-0.2, 0) is 27.8 Å². The zero-order valence-electron chi connectivity index (χ0n) is 14.1. The van der Waals surface area contributed by atoms with Gasteiger partial charge in [-0.25, -0.2) is 17.5 Å². The van der Waals surface area contributed by atoms with Crippen molar-refractivity contribution in [3.8, 4) is 0 Å². The molecule has 0 fully saturated rings. The molecule has 1 aromatic carbocycles. The molecule has 0 saturated carbocycles. The van der Waals surface area contributed by atoms with E-state index in [0.29, 0.717) is 4.68 Å². The van der Waals surface area contributed by atoms with Crippen molar-refractivity contribution in [3.63, 3.8) is 0 Å². The lowest BCUT2D eigenvalue weighted by molar-refractivity contribution is -0.143. The molecular weight excluding hydrogens is 414 g/mol. The molecule has 1 N–H and O–H groups in total. The standard InChI is InChI=1S/C15H14ClF4N3O3S/c1-8-11(9(2)23(21-8)7-15(18,19)20)6-14(24)22-27(25,26)13-4-3-10(16)5-12(13)17/h3-5H,6-7H2,1-2H3,(H,22,24). The Morgan fingerprint density at radius 2 is 1.93 bits per heavy atom. The molecule has 0 aliphatic heterocycles. The summed E-state index contributed by atoms with van der Waals surface area (Å²) in [5, 5.41) is 3.69. The van der Waals surface area contributed by atoms with Crippen LogP contribution in [0.1, 0.15) is 17.0 Å². The summed E-state index contributed by atoms with van der Waals surface area (Å²) < 4.78 is 78.0. The second-order valence-corrected chi connectivity index (χ2v) is 7.79. The van der Waals surface area contributed by atoms with Crippen LogP contribution < -0.4 is 4.72 Å². The van der Waals surface area contributed by atoms with E-state index in [2.05, 4.69) is 5.10 Å². The summed E-state index contributed by atoms with van der Waals surface area (Å²) in [6.07, 6.45) is -5.04. The highest BCUT2D eigenvalue weighted by molar-refractivity contribution is 7.90. The van der Waals surface area contributed by atoms with Gasteiger partial charge in [0.05, 0.1) is 12.1 Å². The number of nitrogens with zero attached hydrogens (tertiary/aromatic N) is 2. The number of hydrogen-bond acceptors (Lipinski definition) is 4. The van der Waals surface area contributed by atoms with Crippen LogP contribution in [0.3, 0.4) is 0 Å². The molecule has 27 heavy (non-hydrogen) atoms. The minimum absolute atomic E-state index is 0.0268. The number of benzene rings is 1. The van der Waals surface area contributed by atoms with Crippen LogP contribution in [0, 0.1) is 19.7 Å². The number of rotatable bonds is 5. The maximum Gasteiger partial charge on any atom is 0.408 e. The summed E-state index contributed by atoms with van der Waals surface area (Å²) in [4.78, 5) is 11.3. The molecule has 6 nitrogen and oxygen atoms in total. The molecule has 2 aromatic rings. The molecule has 1 amide bonds. The van der Waals surface area contributed by atoms with Crippen molar-refractivity contribution in [2.75, 3.05) is 0 Å². The third kappa shape index (κ3) is 5.19. The first-order valence-corrected chi connectivity index (χ1v) is 9.26. The lowest BCUT2D eigenvalue weighted by atomic mass is 10.1.